The number of aromatic hydroxyl groups is 1. The Morgan fingerprint density at radius 1 is 0.646 bits per heavy atom. The van der Waals surface area contributed by atoms with Crippen LogP contribution in [0.3, 0.4) is 0 Å². The third kappa shape index (κ3) is 12.7. The van der Waals surface area contributed by atoms with Crippen molar-refractivity contribution in [1.82, 2.24) is 29.9 Å². The summed E-state index contributed by atoms with van der Waals surface area (Å²) in [6.45, 7) is 3.14. The van der Waals surface area contributed by atoms with E-state index < -0.39 is 26.0 Å². The first kappa shape index (κ1) is 45.8. The number of primary sulfonamides is 2. The SMILES string of the molecule is NS(=O)(=O)c1ccc(Nc2ncc3ccc(-c4ccc(N5CCOCC5)nc4)cc3n2)cc1.NS(=O)(=O)c1ccc(Nc2ncc3ccc(O)cc3n2)cc1.OO[B]c1ccc(F)nc1. The second-order valence-corrected chi connectivity index (χ2v) is 17.1. The maximum absolute atomic E-state index is 12.1. The lowest BCUT2D eigenvalue weighted by molar-refractivity contribution is -0.135. The molecule has 65 heavy (non-hydrogen) atoms. The number of phenols is 1. The van der Waals surface area contributed by atoms with Crippen molar-refractivity contribution >= 4 is 83.9 Å². The molecule has 0 atom stereocenters. The van der Waals surface area contributed by atoms with Gasteiger partial charge in [-0.05, 0) is 96.0 Å². The molecule has 0 amide bonds. The van der Waals surface area contributed by atoms with Crippen LogP contribution in [0.4, 0.5) is 33.5 Å². The summed E-state index contributed by atoms with van der Waals surface area (Å²) in [7, 11) is -6.40. The number of halogens is 1. The van der Waals surface area contributed by atoms with Crippen molar-refractivity contribution in [2.75, 3.05) is 41.8 Å². The average molecular weight is 919 g/mol. The zero-order chi connectivity index (χ0) is 46.0. The van der Waals surface area contributed by atoms with Gasteiger partial charge in [-0.15, -0.1) is 0 Å². The van der Waals surface area contributed by atoms with Gasteiger partial charge in [0.2, 0.25) is 37.9 Å². The van der Waals surface area contributed by atoms with Gasteiger partial charge in [0.1, 0.15) is 11.6 Å². The Balaban J connectivity index is 0.000000168. The van der Waals surface area contributed by atoms with Gasteiger partial charge in [-0.2, -0.15) is 4.39 Å². The predicted molar refractivity (Wildman–Crippen MR) is 242 cm³/mol. The van der Waals surface area contributed by atoms with Crippen LogP contribution in [-0.2, 0) is 29.6 Å². The van der Waals surface area contributed by atoms with Crippen LogP contribution in [0.25, 0.3) is 32.9 Å². The Morgan fingerprint density at radius 3 is 1.71 bits per heavy atom. The number of rotatable bonds is 10. The number of benzene rings is 4. The van der Waals surface area contributed by atoms with E-state index >= 15 is 0 Å². The van der Waals surface area contributed by atoms with E-state index in [4.69, 9.17) is 20.3 Å². The Bertz CT molecular complexity index is 3120. The normalized spacial score (nSPS) is 12.6. The average Bonchev–Trinajstić information content (AvgIpc) is 3.30. The molecule has 0 bridgehead atoms. The molecule has 1 saturated heterocycles. The number of nitrogens with two attached hydrogens (primary N) is 2. The van der Waals surface area contributed by atoms with E-state index in [-0.39, 0.29) is 15.5 Å². The van der Waals surface area contributed by atoms with E-state index in [0.717, 1.165) is 67.0 Å². The van der Waals surface area contributed by atoms with Crippen LogP contribution < -0.4 is 31.3 Å². The van der Waals surface area contributed by atoms with Gasteiger partial charge in [0.05, 0.1) is 34.0 Å². The van der Waals surface area contributed by atoms with Gasteiger partial charge in [-0.25, -0.2) is 57.0 Å². The zero-order valence-electron chi connectivity index (χ0n) is 33.9. The first-order valence-electron chi connectivity index (χ1n) is 19.3. The molecule has 1 fully saturated rings. The fourth-order valence-electron chi connectivity index (χ4n) is 6.10. The number of anilines is 5. The van der Waals surface area contributed by atoms with Crippen LogP contribution >= 0.6 is 0 Å². The smallest absolute Gasteiger partial charge is 0.382 e. The Labute approximate surface area is 372 Å². The third-order valence-electron chi connectivity index (χ3n) is 9.38. The highest BCUT2D eigenvalue weighted by atomic mass is 32.2. The van der Waals surface area contributed by atoms with Crippen LogP contribution in [0.5, 0.6) is 5.75 Å². The first-order valence-corrected chi connectivity index (χ1v) is 22.4. The van der Waals surface area contributed by atoms with E-state index in [1.54, 1.807) is 48.8 Å². The molecule has 0 saturated carbocycles. The van der Waals surface area contributed by atoms with Crippen LogP contribution in [0, 0.1) is 5.95 Å². The Kier molecular flexibility index (Phi) is 14.4. The summed E-state index contributed by atoms with van der Waals surface area (Å²) in [5.74, 6) is 1.25. The minimum absolute atomic E-state index is 0.0300. The lowest BCUT2D eigenvalue weighted by Crippen LogP contribution is -2.36. The van der Waals surface area contributed by atoms with E-state index in [2.05, 4.69) is 56.3 Å². The molecule has 1 radical (unpaired) electrons. The van der Waals surface area contributed by atoms with Crippen molar-refractivity contribution in [2.24, 2.45) is 10.3 Å². The van der Waals surface area contributed by atoms with Crippen LogP contribution in [0.1, 0.15) is 0 Å². The number of morpholine rings is 1. The number of ether oxygens (including phenoxy) is 1. The predicted octanol–water partition coefficient (Wildman–Crippen LogP) is 4.60. The van der Waals surface area contributed by atoms with Gasteiger partial charge in [-0.3, -0.25) is 5.26 Å². The molecule has 0 spiro atoms. The minimum atomic E-state index is -3.73. The zero-order valence-corrected chi connectivity index (χ0v) is 35.6. The molecule has 8 N–H and O–H groups in total. The molecule has 8 aromatic rings. The molecule has 1 aliphatic heterocycles. The number of nitrogens with one attached hydrogen (secondary N) is 2. The topological polar surface area (TPSA) is 284 Å². The van der Waals surface area contributed by atoms with Crippen LogP contribution in [0.2, 0.25) is 0 Å². The monoisotopic (exact) mass is 918 g/mol. The molecule has 5 heterocycles. The summed E-state index contributed by atoms with van der Waals surface area (Å²) in [6, 6.07) is 29.5. The quantitative estimate of drug-likeness (QED) is 0.0473. The number of hydrogen-bond donors (Lipinski definition) is 6. The standard InChI is InChI=1S/C23H22N6O3S.C14H12N4O3S.C5H4BFNO2/c24-33(30,31)20-6-4-19(5-7-20)27-23-26-15-18-2-1-16(13-21(18)28-23)17-3-8-22(25-14-17)29-9-11-32-12-10-29;15-22(20,21)12-5-2-10(3-6-12)17-14-16-8-9-1-4-11(19)7-13(9)18-14;7-5-2-1-4(3-8-5)6-10-9/h1-8,13-15H,9-12H2,(H2,24,30,31)(H,26,27,28);1-8,19H,(H2,15,20,21)(H,16,17,18);1-3,9H. The Hall–Kier alpha value is -7.25. The molecule has 23 heteroatoms. The van der Waals surface area contributed by atoms with Gasteiger partial charge >= 0.3 is 7.48 Å². The molecule has 0 aliphatic carbocycles. The van der Waals surface area contributed by atoms with Crippen molar-refractivity contribution in [1.29, 1.82) is 0 Å². The summed E-state index contributed by atoms with van der Waals surface area (Å²) in [5, 5.41) is 35.3. The number of aromatic nitrogens is 6. The van der Waals surface area contributed by atoms with Crippen molar-refractivity contribution in [3.63, 3.8) is 0 Å². The number of hydrogen-bond acceptors (Lipinski definition) is 17. The Morgan fingerprint density at radius 2 is 1.20 bits per heavy atom. The largest absolute Gasteiger partial charge is 0.508 e. The third-order valence-corrected chi connectivity index (χ3v) is 11.2. The fourth-order valence-corrected chi connectivity index (χ4v) is 7.13. The lowest BCUT2D eigenvalue weighted by atomic mass is 9.91. The first-order chi connectivity index (χ1) is 31.2. The van der Waals surface area contributed by atoms with Crippen molar-refractivity contribution in [2.45, 2.75) is 9.79 Å². The highest BCUT2D eigenvalue weighted by Crippen LogP contribution is 2.26. The summed E-state index contributed by atoms with van der Waals surface area (Å²) < 4.78 is 62.7. The maximum atomic E-state index is 12.1. The lowest BCUT2D eigenvalue weighted by Gasteiger charge is -2.27. The second-order valence-electron chi connectivity index (χ2n) is 13.9. The number of nitrogens with zero attached hydrogens (tertiary/aromatic N) is 7. The molecular weight excluding hydrogens is 880 g/mol. The summed E-state index contributed by atoms with van der Waals surface area (Å²) in [5.41, 5.74) is 5.16. The van der Waals surface area contributed by atoms with E-state index in [1.165, 1.54) is 48.7 Å². The fraction of sp³-hybridized carbons (Fsp3) is 0.0952. The molecule has 4 aromatic heterocycles. The van der Waals surface area contributed by atoms with Crippen molar-refractivity contribution < 1.29 is 41.1 Å². The summed E-state index contributed by atoms with van der Waals surface area (Å²) >= 11 is 0. The highest BCUT2D eigenvalue weighted by Gasteiger charge is 2.13. The van der Waals surface area contributed by atoms with E-state index in [0.29, 0.717) is 34.3 Å². The maximum Gasteiger partial charge on any atom is 0.382 e. The van der Waals surface area contributed by atoms with Gasteiger partial charge in [0.25, 0.3) is 0 Å². The summed E-state index contributed by atoms with van der Waals surface area (Å²) in [4.78, 5) is 31.3. The highest BCUT2D eigenvalue weighted by molar-refractivity contribution is 7.89. The van der Waals surface area contributed by atoms with Gasteiger partial charge in [0, 0.05) is 71.7 Å². The molecule has 331 valence electrons. The van der Waals surface area contributed by atoms with Crippen molar-refractivity contribution in [3.8, 4) is 16.9 Å². The van der Waals surface area contributed by atoms with Gasteiger partial charge < -0.3 is 30.2 Å². The number of pyridine rings is 2. The molecule has 0 unspecified atom stereocenters. The van der Waals surface area contributed by atoms with E-state index in [1.807, 2.05) is 30.5 Å². The van der Waals surface area contributed by atoms with Crippen molar-refractivity contribution in [3.05, 3.63) is 140 Å². The van der Waals surface area contributed by atoms with E-state index in [9.17, 15) is 26.3 Å². The molecule has 9 rings (SSSR count). The van der Waals surface area contributed by atoms with Crippen LogP contribution in [0.15, 0.2) is 144 Å². The van der Waals surface area contributed by atoms with Crippen LogP contribution in [-0.4, -0.2) is 90.9 Å². The molecule has 4 aromatic carbocycles. The number of sulfonamides is 2. The molecule has 19 nitrogen and oxygen atoms in total. The molecule has 1 aliphatic rings. The summed E-state index contributed by atoms with van der Waals surface area (Å²) in [6.07, 6.45) is 6.49. The van der Waals surface area contributed by atoms with Gasteiger partial charge in [-0.1, -0.05) is 18.2 Å². The molecular formula is C42H38BFN11O8S2. The number of fused-ring (bicyclic) bond motifs is 2. The number of phenolic OH excluding ortho intramolecular Hbond substituents is 1. The van der Waals surface area contributed by atoms with Gasteiger partial charge in [0.15, 0.2) is 0 Å². The second kappa shape index (κ2) is 20.5. The minimum Gasteiger partial charge on any atom is -0.508 e.